The Labute approximate surface area is 107 Å². The van der Waals surface area contributed by atoms with E-state index in [4.69, 9.17) is 5.11 Å². The Hall–Kier alpha value is -0.980. The van der Waals surface area contributed by atoms with Gasteiger partial charge in [-0.05, 0) is 24.1 Å². The molecule has 0 radical (unpaired) electrons. The number of benzene rings is 1. The van der Waals surface area contributed by atoms with Gasteiger partial charge in [0, 0.05) is 13.1 Å². The molecule has 0 unspecified atom stereocenters. The molecule has 0 fully saturated rings. The van der Waals surface area contributed by atoms with E-state index < -0.39 is 15.8 Å². The normalized spacial score (nSPS) is 12.0. The lowest BCUT2D eigenvalue weighted by Gasteiger charge is -2.20. The van der Waals surface area contributed by atoms with Crippen molar-refractivity contribution in [2.24, 2.45) is 0 Å². The SMILES string of the molecule is CCCN(CCO)S(=O)(=O)Cc1cccc(F)c1. The molecule has 0 aliphatic carbocycles. The Kier molecular flexibility index (Phi) is 5.71. The molecule has 0 heterocycles. The van der Waals surface area contributed by atoms with E-state index in [-0.39, 0.29) is 18.9 Å². The third kappa shape index (κ3) is 4.36. The maximum atomic E-state index is 13.0. The molecule has 1 rings (SSSR count). The molecule has 0 atom stereocenters. The summed E-state index contributed by atoms with van der Waals surface area (Å²) in [5.74, 6) is -0.697. The Bertz CT molecular complexity index is 470. The van der Waals surface area contributed by atoms with Gasteiger partial charge in [0.25, 0.3) is 0 Å². The van der Waals surface area contributed by atoms with Gasteiger partial charge in [0.05, 0.1) is 12.4 Å². The van der Waals surface area contributed by atoms with Crippen molar-refractivity contribution in [3.63, 3.8) is 0 Å². The van der Waals surface area contributed by atoms with E-state index in [0.717, 1.165) is 0 Å². The number of nitrogens with zero attached hydrogens (tertiary/aromatic N) is 1. The minimum absolute atomic E-state index is 0.0749. The third-order valence-electron chi connectivity index (χ3n) is 2.45. The first-order valence-electron chi connectivity index (χ1n) is 5.82. The van der Waals surface area contributed by atoms with Gasteiger partial charge < -0.3 is 5.11 Å². The number of rotatable bonds is 7. The summed E-state index contributed by atoms with van der Waals surface area (Å²) in [6.07, 6.45) is 0.669. The highest BCUT2D eigenvalue weighted by atomic mass is 32.2. The van der Waals surface area contributed by atoms with E-state index in [1.165, 1.54) is 22.5 Å². The van der Waals surface area contributed by atoms with Gasteiger partial charge in [-0.2, -0.15) is 4.31 Å². The minimum Gasteiger partial charge on any atom is -0.395 e. The molecular formula is C12H18FNO3S. The largest absolute Gasteiger partial charge is 0.395 e. The highest BCUT2D eigenvalue weighted by Crippen LogP contribution is 2.12. The smallest absolute Gasteiger partial charge is 0.218 e. The van der Waals surface area contributed by atoms with Crippen LogP contribution >= 0.6 is 0 Å². The Morgan fingerprint density at radius 1 is 1.33 bits per heavy atom. The standard InChI is InChI=1S/C12H18FNO3S/c1-2-6-14(7-8-15)18(16,17)10-11-4-3-5-12(13)9-11/h3-5,9,15H,2,6-8,10H2,1H3. The number of hydrogen-bond acceptors (Lipinski definition) is 3. The summed E-state index contributed by atoms with van der Waals surface area (Å²) >= 11 is 0. The second kappa shape index (κ2) is 6.82. The van der Waals surface area contributed by atoms with Crippen LogP contribution in [-0.2, 0) is 15.8 Å². The topological polar surface area (TPSA) is 57.6 Å². The molecule has 1 N–H and O–H groups in total. The lowest BCUT2D eigenvalue weighted by Crippen LogP contribution is -2.35. The molecule has 0 aliphatic heterocycles. The van der Waals surface area contributed by atoms with Crippen LogP contribution in [0.4, 0.5) is 4.39 Å². The number of aliphatic hydroxyl groups is 1. The number of aliphatic hydroxyl groups excluding tert-OH is 1. The van der Waals surface area contributed by atoms with E-state index in [9.17, 15) is 12.8 Å². The van der Waals surface area contributed by atoms with Crippen LogP contribution in [0, 0.1) is 5.82 Å². The van der Waals surface area contributed by atoms with Crippen molar-refractivity contribution in [3.05, 3.63) is 35.6 Å². The van der Waals surface area contributed by atoms with Gasteiger partial charge in [-0.15, -0.1) is 0 Å². The molecule has 0 bridgehead atoms. The van der Waals surface area contributed by atoms with Gasteiger partial charge in [0.1, 0.15) is 5.82 Å². The van der Waals surface area contributed by atoms with Crippen LogP contribution < -0.4 is 0 Å². The van der Waals surface area contributed by atoms with Crippen molar-refractivity contribution in [1.29, 1.82) is 0 Å². The molecule has 18 heavy (non-hydrogen) atoms. The zero-order chi connectivity index (χ0) is 13.6. The highest BCUT2D eigenvalue weighted by molar-refractivity contribution is 7.88. The van der Waals surface area contributed by atoms with Crippen LogP contribution in [0.5, 0.6) is 0 Å². The van der Waals surface area contributed by atoms with Crippen molar-refractivity contribution in [3.8, 4) is 0 Å². The molecule has 0 aromatic heterocycles. The predicted octanol–water partition coefficient (Wildman–Crippen LogP) is 1.36. The van der Waals surface area contributed by atoms with E-state index >= 15 is 0 Å². The first-order valence-corrected chi connectivity index (χ1v) is 7.43. The fourth-order valence-corrected chi connectivity index (χ4v) is 3.28. The van der Waals surface area contributed by atoms with E-state index in [0.29, 0.717) is 18.5 Å². The lowest BCUT2D eigenvalue weighted by molar-refractivity contribution is 0.253. The van der Waals surface area contributed by atoms with Crippen LogP contribution in [0.15, 0.2) is 24.3 Å². The van der Waals surface area contributed by atoms with Crippen LogP contribution in [-0.4, -0.2) is 37.5 Å². The Balaban J connectivity index is 2.85. The van der Waals surface area contributed by atoms with Gasteiger partial charge >= 0.3 is 0 Å². The fraction of sp³-hybridized carbons (Fsp3) is 0.500. The first kappa shape index (κ1) is 15.1. The number of hydrogen-bond donors (Lipinski definition) is 1. The minimum atomic E-state index is -3.51. The molecular weight excluding hydrogens is 257 g/mol. The van der Waals surface area contributed by atoms with Crippen LogP contribution in [0.25, 0.3) is 0 Å². The second-order valence-electron chi connectivity index (χ2n) is 4.01. The van der Waals surface area contributed by atoms with Crippen molar-refractivity contribution < 1.29 is 17.9 Å². The monoisotopic (exact) mass is 275 g/mol. The molecule has 0 spiro atoms. The molecule has 4 nitrogen and oxygen atoms in total. The summed E-state index contributed by atoms with van der Waals surface area (Å²) in [7, 11) is -3.51. The van der Waals surface area contributed by atoms with Gasteiger partial charge in [0.2, 0.25) is 10.0 Å². The summed E-state index contributed by atoms with van der Waals surface area (Å²) in [5, 5.41) is 8.87. The van der Waals surface area contributed by atoms with Crippen LogP contribution in [0.2, 0.25) is 0 Å². The number of halogens is 1. The molecule has 6 heteroatoms. The summed E-state index contributed by atoms with van der Waals surface area (Å²) in [6, 6.07) is 5.54. The first-order chi connectivity index (χ1) is 8.49. The van der Waals surface area contributed by atoms with Crippen molar-refractivity contribution in [2.75, 3.05) is 19.7 Å². The van der Waals surface area contributed by atoms with Crippen molar-refractivity contribution in [2.45, 2.75) is 19.1 Å². The predicted molar refractivity (Wildman–Crippen MR) is 68.0 cm³/mol. The maximum Gasteiger partial charge on any atom is 0.218 e. The van der Waals surface area contributed by atoms with Gasteiger partial charge in [0.15, 0.2) is 0 Å². The van der Waals surface area contributed by atoms with Gasteiger partial charge in [-0.3, -0.25) is 0 Å². The van der Waals surface area contributed by atoms with Crippen LogP contribution in [0.3, 0.4) is 0 Å². The quantitative estimate of drug-likeness (QED) is 0.817. The Morgan fingerprint density at radius 3 is 2.61 bits per heavy atom. The maximum absolute atomic E-state index is 13.0. The van der Waals surface area contributed by atoms with Crippen LogP contribution in [0.1, 0.15) is 18.9 Å². The van der Waals surface area contributed by atoms with E-state index in [1.807, 2.05) is 6.92 Å². The van der Waals surface area contributed by atoms with Gasteiger partial charge in [-0.1, -0.05) is 19.1 Å². The molecule has 0 amide bonds. The molecule has 0 saturated heterocycles. The average Bonchev–Trinajstić information content (AvgIpc) is 2.28. The molecule has 1 aromatic rings. The summed E-state index contributed by atoms with van der Waals surface area (Å²) < 4.78 is 38.4. The highest BCUT2D eigenvalue weighted by Gasteiger charge is 2.21. The molecule has 1 aromatic carbocycles. The van der Waals surface area contributed by atoms with Gasteiger partial charge in [-0.25, -0.2) is 12.8 Å². The molecule has 0 aliphatic rings. The average molecular weight is 275 g/mol. The Morgan fingerprint density at radius 2 is 2.06 bits per heavy atom. The van der Waals surface area contributed by atoms with Crippen molar-refractivity contribution >= 4 is 10.0 Å². The van der Waals surface area contributed by atoms with E-state index in [1.54, 1.807) is 6.07 Å². The summed E-state index contributed by atoms with van der Waals surface area (Å²) in [6.45, 7) is 2.08. The molecule has 102 valence electrons. The molecule has 0 saturated carbocycles. The summed E-state index contributed by atoms with van der Waals surface area (Å²) in [5.41, 5.74) is 0.411. The van der Waals surface area contributed by atoms with Crippen molar-refractivity contribution in [1.82, 2.24) is 4.31 Å². The lowest BCUT2D eigenvalue weighted by atomic mass is 10.2. The third-order valence-corrected chi connectivity index (χ3v) is 4.30. The zero-order valence-corrected chi connectivity index (χ0v) is 11.2. The fourth-order valence-electron chi connectivity index (χ4n) is 1.68. The zero-order valence-electron chi connectivity index (χ0n) is 10.3. The number of sulfonamides is 1. The summed E-state index contributed by atoms with van der Waals surface area (Å²) in [4.78, 5) is 0. The van der Waals surface area contributed by atoms with E-state index in [2.05, 4.69) is 0 Å². The second-order valence-corrected chi connectivity index (χ2v) is 5.98.